The monoisotopic (exact) mass is 387 g/mol. The predicted octanol–water partition coefficient (Wildman–Crippen LogP) is 4.50. The van der Waals surface area contributed by atoms with Crippen LogP contribution >= 0.6 is 0 Å². The van der Waals surface area contributed by atoms with Gasteiger partial charge >= 0.3 is 7.12 Å². The van der Waals surface area contributed by atoms with Crippen LogP contribution in [0.4, 0.5) is 0 Å². The number of aliphatic imine (C=N–C) groups is 1. The highest BCUT2D eigenvalue weighted by Crippen LogP contribution is 2.32. The zero-order chi connectivity index (χ0) is 19.6. The highest BCUT2D eigenvalue weighted by atomic mass is 16.7. The maximum Gasteiger partial charge on any atom is 0.497 e. The summed E-state index contributed by atoms with van der Waals surface area (Å²) in [6.45, 7) is 5.90. The van der Waals surface area contributed by atoms with Crippen molar-refractivity contribution in [1.29, 1.82) is 0 Å². The van der Waals surface area contributed by atoms with Crippen molar-refractivity contribution >= 4 is 18.8 Å². The molecule has 0 amide bonds. The van der Waals surface area contributed by atoms with Gasteiger partial charge in [0.05, 0.1) is 0 Å². The molecule has 1 aromatic carbocycles. The van der Waals surface area contributed by atoms with E-state index in [-0.39, 0.29) is 6.79 Å². The van der Waals surface area contributed by atoms with Gasteiger partial charge in [-0.1, -0.05) is 46.0 Å². The van der Waals surface area contributed by atoms with Crippen molar-refractivity contribution < 1.29 is 18.8 Å². The molecule has 1 saturated carbocycles. The maximum atomic E-state index is 6.09. The van der Waals surface area contributed by atoms with Crippen molar-refractivity contribution in [3.05, 3.63) is 17.7 Å². The van der Waals surface area contributed by atoms with Crippen LogP contribution < -0.4 is 14.9 Å². The van der Waals surface area contributed by atoms with E-state index < -0.39 is 7.12 Å². The third-order valence-electron chi connectivity index (χ3n) is 5.32. The van der Waals surface area contributed by atoms with Gasteiger partial charge in [0, 0.05) is 30.9 Å². The zero-order valence-corrected chi connectivity index (χ0v) is 17.5. The number of rotatable bonds is 11. The minimum atomic E-state index is -0.434. The SMILES string of the molecule is CCCCOB(OCCCC)c1cc(C=NC2CCCCC2)cc2c1OCO2. The molecule has 1 aromatic rings. The van der Waals surface area contributed by atoms with Crippen LogP contribution in [-0.4, -0.2) is 39.4 Å². The van der Waals surface area contributed by atoms with Gasteiger partial charge < -0.3 is 18.8 Å². The van der Waals surface area contributed by atoms with Gasteiger partial charge in [0.1, 0.15) is 0 Å². The van der Waals surface area contributed by atoms with E-state index in [0.29, 0.717) is 19.3 Å². The van der Waals surface area contributed by atoms with Crippen molar-refractivity contribution in [2.45, 2.75) is 77.7 Å². The molecule has 1 aliphatic carbocycles. The summed E-state index contributed by atoms with van der Waals surface area (Å²) in [6.07, 6.45) is 12.5. The molecule has 154 valence electrons. The molecular weight excluding hydrogens is 353 g/mol. The first kappa shape index (κ1) is 21.2. The van der Waals surface area contributed by atoms with Crippen LogP contribution in [0.25, 0.3) is 0 Å². The molecule has 0 atom stereocenters. The van der Waals surface area contributed by atoms with Crippen LogP contribution in [0.3, 0.4) is 0 Å². The van der Waals surface area contributed by atoms with Gasteiger partial charge in [-0.15, -0.1) is 0 Å². The number of fused-ring (bicyclic) bond motifs is 1. The standard InChI is InChI=1S/C22H34BNO4/c1-3-5-12-27-23(28-13-6-4-2)20-14-18(15-21-22(20)26-17-25-21)16-24-19-10-8-7-9-11-19/h14-16,19H,3-13,17H2,1-2H3. The quantitative estimate of drug-likeness (QED) is 0.319. The first-order valence-electron chi connectivity index (χ1n) is 11.0. The third kappa shape index (κ3) is 5.98. The van der Waals surface area contributed by atoms with Crippen LogP contribution in [0.1, 0.15) is 77.2 Å². The van der Waals surface area contributed by atoms with Gasteiger partial charge in [-0.2, -0.15) is 0 Å². The van der Waals surface area contributed by atoms with Crippen molar-refractivity contribution in [1.82, 2.24) is 0 Å². The molecular formula is C22H34BNO4. The highest BCUT2D eigenvalue weighted by Gasteiger charge is 2.31. The number of ether oxygens (including phenoxy) is 2. The lowest BCUT2D eigenvalue weighted by atomic mass is 9.77. The Kier molecular flexibility index (Phi) is 8.68. The molecule has 3 rings (SSSR count). The molecule has 1 fully saturated rings. The minimum Gasteiger partial charge on any atom is -0.454 e. The van der Waals surface area contributed by atoms with Crippen LogP contribution in [-0.2, 0) is 9.31 Å². The van der Waals surface area contributed by atoms with Crippen molar-refractivity contribution in [2.75, 3.05) is 20.0 Å². The molecule has 0 spiro atoms. The topological polar surface area (TPSA) is 49.3 Å². The Bertz CT molecular complexity index is 621. The van der Waals surface area contributed by atoms with Crippen molar-refractivity contribution in [2.24, 2.45) is 4.99 Å². The van der Waals surface area contributed by atoms with Gasteiger partial charge in [-0.25, -0.2) is 0 Å². The molecule has 0 bridgehead atoms. The van der Waals surface area contributed by atoms with E-state index in [9.17, 15) is 0 Å². The zero-order valence-electron chi connectivity index (χ0n) is 17.5. The molecule has 0 N–H and O–H groups in total. The van der Waals surface area contributed by atoms with Gasteiger partial charge in [-0.3, -0.25) is 4.99 Å². The minimum absolute atomic E-state index is 0.238. The second kappa shape index (κ2) is 11.5. The Morgan fingerprint density at radius 2 is 1.75 bits per heavy atom. The fourth-order valence-electron chi connectivity index (χ4n) is 3.63. The van der Waals surface area contributed by atoms with Crippen LogP contribution in [0.2, 0.25) is 0 Å². The lowest BCUT2D eigenvalue weighted by molar-refractivity contribution is 0.173. The fraction of sp³-hybridized carbons (Fsp3) is 0.682. The van der Waals surface area contributed by atoms with Crippen molar-refractivity contribution in [3.8, 4) is 11.5 Å². The predicted molar refractivity (Wildman–Crippen MR) is 114 cm³/mol. The number of hydrogen-bond donors (Lipinski definition) is 0. The summed E-state index contributed by atoms with van der Waals surface area (Å²) in [7, 11) is -0.434. The Morgan fingerprint density at radius 1 is 1.04 bits per heavy atom. The smallest absolute Gasteiger partial charge is 0.454 e. The highest BCUT2D eigenvalue weighted by molar-refractivity contribution is 6.62. The van der Waals surface area contributed by atoms with E-state index >= 15 is 0 Å². The van der Waals surface area contributed by atoms with Crippen LogP contribution in [0.5, 0.6) is 11.5 Å². The molecule has 0 unspecified atom stereocenters. The molecule has 0 aromatic heterocycles. The van der Waals surface area contributed by atoms with Gasteiger partial charge in [0.2, 0.25) is 6.79 Å². The van der Waals surface area contributed by atoms with Gasteiger partial charge in [0.25, 0.3) is 0 Å². The fourth-order valence-corrected chi connectivity index (χ4v) is 3.63. The van der Waals surface area contributed by atoms with Crippen molar-refractivity contribution in [3.63, 3.8) is 0 Å². The summed E-state index contributed by atoms with van der Waals surface area (Å²) < 4.78 is 23.6. The van der Waals surface area contributed by atoms with E-state index in [4.69, 9.17) is 23.8 Å². The lowest BCUT2D eigenvalue weighted by Gasteiger charge is -2.18. The molecule has 1 heterocycles. The van der Waals surface area contributed by atoms with Crippen LogP contribution in [0, 0.1) is 0 Å². The van der Waals surface area contributed by atoms with E-state index in [0.717, 1.165) is 48.2 Å². The number of nitrogens with zero attached hydrogens (tertiary/aromatic N) is 1. The first-order chi connectivity index (χ1) is 13.8. The molecule has 5 nitrogen and oxygen atoms in total. The molecule has 0 radical (unpaired) electrons. The Morgan fingerprint density at radius 3 is 2.43 bits per heavy atom. The summed E-state index contributed by atoms with van der Waals surface area (Å²) in [5.74, 6) is 1.50. The van der Waals surface area contributed by atoms with Gasteiger partial charge in [-0.05, 0) is 43.4 Å². The Labute approximate surface area is 170 Å². The second-order valence-electron chi connectivity index (χ2n) is 7.69. The lowest BCUT2D eigenvalue weighted by Crippen LogP contribution is -2.38. The Hall–Kier alpha value is -1.53. The van der Waals surface area contributed by atoms with E-state index in [1.54, 1.807) is 0 Å². The largest absolute Gasteiger partial charge is 0.497 e. The summed E-state index contributed by atoms with van der Waals surface area (Å²) in [4.78, 5) is 4.83. The number of unbranched alkanes of at least 4 members (excludes halogenated alkanes) is 2. The van der Waals surface area contributed by atoms with E-state index in [2.05, 4.69) is 19.9 Å². The summed E-state index contributed by atoms with van der Waals surface area (Å²) >= 11 is 0. The molecule has 0 saturated heterocycles. The number of benzene rings is 1. The number of hydrogen-bond acceptors (Lipinski definition) is 5. The molecule has 28 heavy (non-hydrogen) atoms. The summed E-state index contributed by atoms with van der Waals surface area (Å²) in [5.41, 5.74) is 1.93. The molecule has 2 aliphatic rings. The third-order valence-corrected chi connectivity index (χ3v) is 5.32. The maximum absolute atomic E-state index is 6.09. The summed E-state index contributed by atoms with van der Waals surface area (Å²) in [5, 5.41) is 0. The normalized spacial score (nSPS) is 16.8. The van der Waals surface area contributed by atoms with E-state index in [1.165, 1.54) is 32.1 Å². The molecule has 1 aliphatic heterocycles. The van der Waals surface area contributed by atoms with E-state index in [1.807, 2.05) is 12.3 Å². The van der Waals surface area contributed by atoms with Crippen LogP contribution in [0.15, 0.2) is 17.1 Å². The first-order valence-corrected chi connectivity index (χ1v) is 11.0. The van der Waals surface area contributed by atoms with Gasteiger partial charge in [0.15, 0.2) is 11.5 Å². The molecule has 6 heteroatoms. The average Bonchev–Trinajstić information content (AvgIpc) is 3.20. The average molecular weight is 387 g/mol. The second-order valence-corrected chi connectivity index (χ2v) is 7.69. The Balaban J connectivity index is 1.79. The summed E-state index contributed by atoms with van der Waals surface area (Å²) in [6, 6.07) is 4.54.